The van der Waals surface area contributed by atoms with Crippen LogP contribution in [0.25, 0.3) is 11.1 Å². The van der Waals surface area contributed by atoms with E-state index in [1.54, 1.807) is 6.07 Å². The van der Waals surface area contributed by atoms with Crippen molar-refractivity contribution in [2.75, 3.05) is 6.54 Å². The Kier molecular flexibility index (Phi) is 3.52. The van der Waals surface area contributed by atoms with Crippen molar-refractivity contribution in [3.8, 4) is 11.1 Å². The fourth-order valence-electron chi connectivity index (χ4n) is 1.73. The summed E-state index contributed by atoms with van der Waals surface area (Å²) < 4.78 is 13.1. The van der Waals surface area contributed by atoms with Crippen molar-refractivity contribution < 1.29 is 4.39 Å². The fourth-order valence-corrected chi connectivity index (χ4v) is 1.73. The second-order valence-electron chi connectivity index (χ2n) is 3.97. The summed E-state index contributed by atoms with van der Waals surface area (Å²) in [4.78, 5) is 0. The zero-order chi connectivity index (χ0) is 12.3. The molecule has 0 bridgehead atoms. The van der Waals surface area contributed by atoms with Crippen LogP contribution in [0.1, 0.15) is 11.6 Å². The molecular formula is C14H15FN2. The Morgan fingerprint density at radius 3 is 2.29 bits per heavy atom. The van der Waals surface area contributed by atoms with Crippen molar-refractivity contribution in [3.63, 3.8) is 0 Å². The van der Waals surface area contributed by atoms with Gasteiger partial charge in [0.1, 0.15) is 5.82 Å². The van der Waals surface area contributed by atoms with Crippen molar-refractivity contribution in [2.45, 2.75) is 6.04 Å². The van der Waals surface area contributed by atoms with Gasteiger partial charge in [-0.15, -0.1) is 0 Å². The molecule has 0 fully saturated rings. The van der Waals surface area contributed by atoms with Crippen molar-refractivity contribution in [1.82, 2.24) is 0 Å². The first-order valence-corrected chi connectivity index (χ1v) is 5.52. The monoisotopic (exact) mass is 230 g/mol. The summed E-state index contributed by atoms with van der Waals surface area (Å²) in [7, 11) is 0. The lowest BCUT2D eigenvalue weighted by molar-refractivity contribution is 0.628. The quantitative estimate of drug-likeness (QED) is 0.851. The smallest absolute Gasteiger partial charge is 0.123 e. The maximum absolute atomic E-state index is 13.1. The third kappa shape index (κ3) is 2.70. The predicted molar refractivity (Wildman–Crippen MR) is 67.8 cm³/mol. The van der Waals surface area contributed by atoms with E-state index in [1.165, 1.54) is 12.1 Å². The first-order valence-electron chi connectivity index (χ1n) is 5.52. The van der Waals surface area contributed by atoms with Gasteiger partial charge in [0.2, 0.25) is 0 Å². The molecule has 2 rings (SSSR count). The topological polar surface area (TPSA) is 52.0 Å². The predicted octanol–water partition coefficient (Wildman–Crippen LogP) is 2.45. The minimum absolute atomic E-state index is 0.142. The Balaban J connectivity index is 2.29. The van der Waals surface area contributed by atoms with E-state index in [2.05, 4.69) is 0 Å². The molecule has 0 aromatic heterocycles. The summed E-state index contributed by atoms with van der Waals surface area (Å²) in [5.74, 6) is -0.231. The third-order valence-electron chi connectivity index (χ3n) is 2.75. The highest BCUT2D eigenvalue weighted by Gasteiger charge is 2.04. The highest BCUT2D eigenvalue weighted by atomic mass is 19.1. The molecule has 0 aliphatic carbocycles. The van der Waals surface area contributed by atoms with Gasteiger partial charge in [-0.3, -0.25) is 0 Å². The lowest BCUT2D eigenvalue weighted by Gasteiger charge is -2.10. The second kappa shape index (κ2) is 5.08. The summed E-state index contributed by atoms with van der Waals surface area (Å²) in [5, 5.41) is 0. The van der Waals surface area contributed by atoms with E-state index in [0.717, 1.165) is 16.7 Å². The van der Waals surface area contributed by atoms with Gasteiger partial charge in [-0.2, -0.15) is 0 Å². The van der Waals surface area contributed by atoms with E-state index in [-0.39, 0.29) is 11.9 Å². The average molecular weight is 230 g/mol. The first kappa shape index (κ1) is 11.8. The van der Waals surface area contributed by atoms with Gasteiger partial charge in [0.15, 0.2) is 0 Å². The molecule has 0 aliphatic heterocycles. The van der Waals surface area contributed by atoms with E-state index < -0.39 is 0 Å². The highest BCUT2D eigenvalue weighted by molar-refractivity contribution is 5.63. The number of rotatable bonds is 3. The zero-order valence-electron chi connectivity index (χ0n) is 9.44. The van der Waals surface area contributed by atoms with E-state index in [4.69, 9.17) is 11.5 Å². The van der Waals surface area contributed by atoms with Crippen molar-refractivity contribution >= 4 is 0 Å². The Morgan fingerprint density at radius 1 is 1.00 bits per heavy atom. The van der Waals surface area contributed by atoms with Gasteiger partial charge in [0.05, 0.1) is 0 Å². The van der Waals surface area contributed by atoms with Gasteiger partial charge in [0.25, 0.3) is 0 Å². The standard InChI is InChI=1S/C14H15FN2/c15-13-3-1-2-12(8-13)10-4-6-11(7-5-10)14(17)9-16/h1-8,14H,9,16-17H2. The van der Waals surface area contributed by atoms with Crippen molar-refractivity contribution in [1.29, 1.82) is 0 Å². The fraction of sp³-hybridized carbons (Fsp3) is 0.143. The van der Waals surface area contributed by atoms with E-state index in [0.29, 0.717) is 6.54 Å². The first-order chi connectivity index (χ1) is 8.20. The van der Waals surface area contributed by atoms with Gasteiger partial charge in [0, 0.05) is 12.6 Å². The van der Waals surface area contributed by atoms with Crippen LogP contribution in [0.5, 0.6) is 0 Å². The Labute approximate surface area is 100 Å². The van der Waals surface area contributed by atoms with Gasteiger partial charge in [-0.1, -0.05) is 36.4 Å². The van der Waals surface area contributed by atoms with Crippen molar-refractivity contribution in [3.05, 3.63) is 59.9 Å². The number of halogens is 1. The summed E-state index contributed by atoms with van der Waals surface area (Å²) in [6.07, 6.45) is 0. The van der Waals surface area contributed by atoms with Crippen LogP contribution in [0.15, 0.2) is 48.5 Å². The molecule has 2 aromatic rings. The van der Waals surface area contributed by atoms with Gasteiger partial charge in [-0.05, 0) is 28.8 Å². The highest BCUT2D eigenvalue weighted by Crippen LogP contribution is 2.21. The minimum atomic E-state index is -0.231. The molecule has 1 atom stereocenters. The van der Waals surface area contributed by atoms with Crippen LogP contribution < -0.4 is 11.5 Å². The average Bonchev–Trinajstić information content (AvgIpc) is 2.38. The maximum atomic E-state index is 13.1. The Bertz CT molecular complexity index is 494. The molecule has 1 unspecified atom stereocenters. The summed E-state index contributed by atoms with van der Waals surface area (Å²) in [6, 6.07) is 14.1. The molecule has 0 radical (unpaired) electrons. The van der Waals surface area contributed by atoms with Crippen LogP contribution in [0.3, 0.4) is 0 Å². The summed E-state index contributed by atoms with van der Waals surface area (Å²) in [5.41, 5.74) is 14.1. The minimum Gasteiger partial charge on any atom is -0.329 e. The number of benzene rings is 2. The summed E-state index contributed by atoms with van der Waals surface area (Å²) in [6.45, 7) is 0.416. The molecule has 88 valence electrons. The molecule has 0 spiro atoms. The van der Waals surface area contributed by atoms with E-state index >= 15 is 0 Å². The van der Waals surface area contributed by atoms with Crippen molar-refractivity contribution in [2.24, 2.45) is 11.5 Å². The van der Waals surface area contributed by atoms with Crippen LogP contribution in [0.4, 0.5) is 4.39 Å². The largest absolute Gasteiger partial charge is 0.329 e. The van der Waals surface area contributed by atoms with Crippen LogP contribution in [-0.4, -0.2) is 6.54 Å². The Morgan fingerprint density at radius 2 is 1.71 bits per heavy atom. The number of hydrogen-bond donors (Lipinski definition) is 2. The maximum Gasteiger partial charge on any atom is 0.123 e. The lowest BCUT2D eigenvalue weighted by Crippen LogP contribution is -2.20. The molecule has 0 heterocycles. The molecule has 0 saturated heterocycles. The van der Waals surface area contributed by atoms with Gasteiger partial charge < -0.3 is 11.5 Å². The SMILES string of the molecule is NCC(N)c1ccc(-c2cccc(F)c2)cc1. The van der Waals surface area contributed by atoms with Gasteiger partial charge in [-0.25, -0.2) is 4.39 Å². The van der Waals surface area contributed by atoms with E-state index in [1.807, 2.05) is 30.3 Å². The summed E-state index contributed by atoms with van der Waals surface area (Å²) >= 11 is 0. The third-order valence-corrected chi connectivity index (χ3v) is 2.75. The molecule has 17 heavy (non-hydrogen) atoms. The second-order valence-corrected chi connectivity index (χ2v) is 3.97. The van der Waals surface area contributed by atoms with Crippen LogP contribution in [0, 0.1) is 5.82 Å². The molecule has 2 nitrogen and oxygen atoms in total. The molecule has 0 amide bonds. The number of hydrogen-bond acceptors (Lipinski definition) is 2. The molecule has 3 heteroatoms. The molecular weight excluding hydrogens is 215 g/mol. The number of nitrogens with two attached hydrogens (primary N) is 2. The van der Waals surface area contributed by atoms with Crippen LogP contribution in [0.2, 0.25) is 0 Å². The normalized spacial score (nSPS) is 12.4. The lowest BCUT2D eigenvalue weighted by atomic mass is 10.0. The van der Waals surface area contributed by atoms with Crippen LogP contribution in [-0.2, 0) is 0 Å². The Hall–Kier alpha value is -1.71. The van der Waals surface area contributed by atoms with Gasteiger partial charge >= 0.3 is 0 Å². The molecule has 2 aromatic carbocycles. The van der Waals surface area contributed by atoms with Crippen LogP contribution >= 0.6 is 0 Å². The van der Waals surface area contributed by atoms with E-state index in [9.17, 15) is 4.39 Å². The molecule has 0 aliphatic rings. The molecule has 0 saturated carbocycles. The molecule has 4 N–H and O–H groups in total. The zero-order valence-corrected chi connectivity index (χ0v) is 9.44.